The molecule has 6 heterocycles. The van der Waals surface area contributed by atoms with Crippen LogP contribution in [0, 0.1) is 0 Å². The fraction of sp³-hybridized carbons (Fsp3) is 0.146. The normalized spacial score (nSPS) is 15.0. The average molecular weight is 1760 g/mol. The van der Waals surface area contributed by atoms with Crippen LogP contribution in [0.5, 0.6) is 0 Å². The van der Waals surface area contributed by atoms with E-state index < -0.39 is 0 Å². The predicted molar refractivity (Wildman–Crippen MR) is 564 cm³/mol. The number of rotatable bonds is 8. The second-order valence-corrected chi connectivity index (χ2v) is 42.5. The molecule has 0 aliphatic heterocycles. The Morgan fingerprint density at radius 1 is 0.242 bits per heavy atom. The van der Waals surface area contributed by atoms with Gasteiger partial charge in [-0.3, -0.25) is 0 Å². The van der Waals surface area contributed by atoms with Gasteiger partial charge in [0.05, 0.1) is 11.0 Å². The Balaban J connectivity index is 0.000000110. The highest BCUT2D eigenvalue weighted by atomic mass is 32.1. The molecule has 0 saturated heterocycles. The first-order chi connectivity index (χ1) is 64.0. The maximum absolute atomic E-state index is 6.25. The van der Waals surface area contributed by atoms with E-state index in [0.29, 0.717) is 17.5 Å². The molecule has 0 spiro atoms. The minimum Gasteiger partial charge on any atom is -0.456 e. The zero-order valence-electron chi connectivity index (χ0n) is 76.1. The van der Waals surface area contributed by atoms with Crippen LogP contribution in [0.3, 0.4) is 0 Å². The molecule has 0 amide bonds. The van der Waals surface area contributed by atoms with E-state index in [-0.39, 0.29) is 32.5 Å². The van der Waals surface area contributed by atoms with Gasteiger partial charge in [-0.25, -0.2) is 15.0 Å². The van der Waals surface area contributed by atoms with E-state index in [0.717, 1.165) is 38.6 Å². The van der Waals surface area contributed by atoms with E-state index in [2.05, 4.69) is 414 Å². The summed E-state index contributed by atoms with van der Waals surface area (Å²) in [5, 5.41) is 12.8. The quantitative estimate of drug-likeness (QED) is 0.152. The first-order valence-electron chi connectivity index (χ1n) is 46.0. The van der Waals surface area contributed by atoms with Gasteiger partial charge in [-0.15, -0.1) is 34.0 Å². The van der Waals surface area contributed by atoms with Gasteiger partial charge in [0.1, 0.15) is 11.2 Å². The number of hydrogen-bond acceptors (Lipinski definition) is 8. The van der Waals surface area contributed by atoms with Gasteiger partial charge < -0.3 is 13.9 Å². The predicted octanol–water partition coefficient (Wildman–Crippen LogP) is 35.2. The summed E-state index contributed by atoms with van der Waals surface area (Å²) in [5.74, 6) is 1.92. The van der Waals surface area contributed by atoms with Crippen molar-refractivity contribution < 1.29 is 4.42 Å². The summed E-state index contributed by atoms with van der Waals surface area (Å²) >= 11 is 5.79. The molecule has 0 N–H and O–H groups in total. The van der Waals surface area contributed by atoms with Crippen molar-refractivity contribution in [2.45, 2.75) is 116 Å². The zero-order chi connectivity index (χ0) is 89.6. The molecule has 0 unspecified atom stereocenters. The van der Waals surface area contributed by atoms with Crippen molar-refractivity contribution >= 4 is 155 Å². The standard InChI is InChI=1S/C45H33N3OS.C42H33NS.C36H31NS/c1-44(2)34-25-27(21-22-28(34)30-23-24-31-29-15-9-11-20-37(29)50-40(31)39(30)45(44,3)4)42-46-41(26-13-6-5-7-14-26)47-43(48-42)33-17-12-19-36-38(33)32-16-8-10-18-35(32)49-36;1-41(2)35-23-28(43-37-16-10-8-14-30(37)31-15-9-11-17-38(31)43)19-20-29(35)32-24-34-33-22-27(26-12-6-5-7-13-26)18-21-39(33)44-40(34)25-36(32)42(41,3)4;1-35(2)31-23-26(37(24-13-7-5-8-14-24)25-15-9-6-10-16-25)19-20-27(31)29-21-22-30-28-17-11-12-18-32(28)38-34(30)33(29)36(35,3)4/h5-25H,1-4H3;5-25H,1-4H3;5-23H,1-4H3. The van der Waals surface area contributed by atoms with Crippen molar-refractivity contribution in [2.75, 3.05) is 4.90 Å². The van der Waals surface area contributed by atoms with Gasteiger partial charge in [0.2, 0.25) is 0 Å². The van der Waals surface area contributed by atoms with Gasteiger partial charge in [0, 0.05) is 132 Å². The van der Waals surface area contributed by atoms with Crippen LogP contribution in [0.2, 0.25) is 0 Å². The summed E-state index contributed by atoms with van der Waals surface area (Å²) in [6.45, 7) is 29.1. The molecule has 0 atom stereocenters. The summed E-state index contributed by atoms with van der Waals surface area (Å²) in [6, 6.07) is 134. The van der Waals surface area contributed by atoms with Crippen LogP contribution in [-0.4, -0.2) is 19.5 Å². The van der Waals surface area contributed by atoms with Crippen LogP contribution < -0.4 is 4.90 Å². The van der Waals surface area contributed by atoms with Crippen LogP contribution in [0.25, 0.3) is 189 Å². The lowest BCUT2D eigenvalue weighted by molar-refractivity contribution is 0.299. The monoisotopic (exact) mass is 1760 g/mol. The third kappa shape index (κ3) is 12.3. The molecular weight excluding hydrogens is 1660 g/mol. The van der Waals surface area contributed by atoms with Crippen LogP contribution >= 0.6 is 34.0 Å². The molecule has 132 heavy (non-hydrogen) atoms. The number of hydrogen-bond donors (Lipinski definition) is 0. The Morgan fingerprint density at radius 3 is 1.27 bits per heavy atom. The molecule has 0 bridgehead atoms. The molecule has 6 nitrogen and oxygen atoms in total. The fourth-order valence-electron chi connectivity index (χ4n) is 22.0. The number of aromatic nitrogens is 4. The van der Waals surface area contributed by atoms with Crippen molar-refractivity contribution in [1.82, 2.24) is 19.5 Å². The van der Waals surface area contributed by atoms with E-state index >= 15 is 0 Å². The molecule has 0 fully saturated rings. The SMILES string of the molecule is CC1(C)c2cc(-c3nc(-c4ccccc4)nc(-c4cccc5oc6ccccc6c45)n3)ccc2-c2ccc3c(sc4ccccc43)c2C1(C)C.CC1(C)c2cc(-n3c4ccccc4c4ccccc43)ccc2-c2cc3c(cc2C1(C)C)sc1ccc(-c2ccccc2)cc13.CC1(C)c2cc(N(c3ccccc3)c3ccccc3)ccc2-c2ccc3c(sc4ccccc43)c2C1(C)C. The van der Waals surface area contributed by atoms with E-state index in [9.17, 15) is 0 Å². The number of anilines is 3. The largest absolute Gasteiger partial charge is 0.456 e. The first-order valence-corrected chi connectivity index (χ1v) is 48.5. The van der Waals surface area contributed by atoms with Gasteiger partial charge >= 0.3 is 0 Å². The molecule has 6 aromatic heterocycles. The van der Waals surface area contributed by atoms with Gasteiger partial charge in [0.15, 0.2) is 17.5 Å². The van der Waals surface area contributed by atoms with Gasteiger partial charge in [-0.1, -0.05) is 338 Å². The minimum atomic E-state index is -0.185. The van der Waals surface area contributed by atoms with Crippen molar-refractivity contribution in [3.05, 3.63) is 403 Å². The van der Waals surface area contributed by atoms with Crippen molar-refractivity contribution in [3.63, 3.8) is 0 Å². The third-order valence-electron chi connectivity index (χ3n) is 31.0. The molecule has 17 aromatic carbocycles. The second kappa shape index (κ2) is 30.2. The van der Waals surface area contributed by atoms with E-state index in [4.69, 9.17) is 19.4 Å². The summed E-state index contributed by atoms with van der Waals surface area (Å²) in [4.78, 5) is 17.8. The van der Waals surface area contributed by atoms with Gasteiger partial charge in [-0.05, 0) is 215 Å². The molecule has 9 heteroatoms. The van der Waals surface area contributed by atoms with E-state index in [1.54, 1.807) is 0 Å². The van der Waals surface area contributed by atoms with Crippen molar-refractivity contribution in [1.29, 1.82) is 0 Å². The summed E-state index contributed by atoms with van der Waals surface area (Å²) in [7, 11) is 0. The number of thiophene rings is 3. The smallest absolute Gasteiger partial charge is 0.164 e. The lowest BCUT2D eigenvalue weighted by atomic mass is 9.55. The lowest BCUT2D eigenvalue weighted by Crippen LogP contribution is -2.43. The van der Waals surface area contributed by atoms with Crippen LogP contribution in [0.1, 0.15) is 116 Å². The molecule has 23 aromatic rings. The Labute approximate surface area is 781 Å². The number of para-hydroxylation sites is 5. The molecule has 0 radical (unpaired) electrons. The highest BCUT2D eigenvalue weighted by Crippen LogP contribution is 2.62. The highest BCUT2D eigenvalue weighted by molar-refractivity contribution is 7.26. The lowest BCUT2D eigenvalue weighted by Gasteiger charge is -2.49. The first kappa shape index (κ1) is 81.1. The minimum absolute atomic E-state index is 0.0569. The Kier molecular flexibility index (Phi) is 18.5. The van der Waals surface area contributed by atoms with E-state index in [1.807, 2.05) is 82.5 Å². The molecule has 3 aliphatic carbocycles. The molecular formula is C123H97N5OS3. The zero-order valence-corrected chi connectivity index (χ0v) is 78.5. The molecule has 0 saturated carbocycles. The van der Waals surface area contributed by atoms with Crippen LogP contribution in [0.4, 0.5) is 17.1 Å². The third-order valence-corrected chi connectivity index (χ3v) is 34.6. The van der Waals surface area contributed by atoms with Crippen LogP contribution in [0.15, 0.2) is 374 Å². The van der Waals surface area contributed by atoms with Crippen LogP contribution in [-0.2, 0) is 32.5 Å². The number of fused-ring (bicyclic) bond motifs is 26. The number of benzene rings is 17. The van der Waals surface area contributed by atoms with Crippen molar-refractivity contribution in [2.24, 2.45) is 0 Å². The Bertz CT molecular complexity index is 8560. The van der Waals surface area contributed by atoms with Gasteiger partial charge in [0.25, 0.3) is 0 Å². The Morgan fingerprint density at radius 2 is 0.674 bits per heavy atom. The summed E-state index contributed by atoms with van der Waals surface area (Å²) < 4.78 is 17.0. The number of nitrogens with zero attached hydrogens (tertiary/aromatic N) is 5. The molecule has 638 valence electrons. The van der Waals surface area contributed by atoms with Crippen molar-refractivity contribution in [3.8, 4) is 84.4 Å². The summed E-state index contributed by atoms with van der Waals surface area (Å²) in [6.07, 6.45) is 0. The maximum atomic E-state index is 6.25. The van der Waals surface area contributed by atoms with Gasteiger partial charge in [-0.2, -0.15) is 0 Å². The average Bonchev–Trinajstić information content (AvgIpc) is 1.35. The highest BCUT2D eigenvalue weighted by Gasteiger charge is 2.50. The van der Waals surface area contributed by atoms with E-state index in [1.165, 1.54) is 183 Å². The molecule has 3 aliphatic rings. The fourth-order valence-corrected chi connectivity index (χ4v) is 25.9. The topological polar surface area (TPSA) is 60.0 Å². The molecule has 26 rings (SSSR count). The summed E-state index contributed by atoms with van der Waals surface area (Å²) in [5.41, 5.74) is 30.3. The number of furan rings is 1. The second-order valence-electron chi connectivity index (χ2n) is 39.3. The maximum Gasteiger partial charge on any atom is 0.164 e. The Hall–Kier alpha value is -14.2.